The van der Waals surface area contributed by atoms with Gasteiger partial charge < -0.3 is 5.11 Å². The Kier molecular flexibility index (Phi) is 2.98. The van der Waals surface area contributed by atoms with Gasteiger partial charge in [-0.05, 0) is 43.4 Å². The fraction of sp³-hybridized carbons (Fsp3) is 0.500. The normalized spacial score (nSPS) is 20.3. The zero-order valence-electron chi connectivity index (χ0n) is 9.61. The summed E-state index contributed by atoms with van der Waals surface area (Å²) in [5.74, 6) is 0.362. The van der Waals surface area contributed by atoms with E-state index in [0.29, 0.717) is 11.5 Å². The van der Waals surface area contributed by atoms with Gasteiger partial charge in [0, 0.05) is 0 Å². The van der Waals surface area contributed by atoms with Crippen molar-refractivity contribution in [2.45, 2.75) is 38.2 Å². The number of nitriles is 1. The highest BCUT2D eigenvalue weighted by atomic mass is 16.3. The summed E-state index contributed by atoms with van der Waals surface area (Å²) in [6, 6.07) is 9.39. The maximum Gasteiger partial charge on any atom is 0.0991 e. The average Bonchev–Trinajstić information content (AvgIpc) is 2.83. The molecule has 0 aliphatic heterocycles. The van der Waals surface area contributed by atoms with E-state index in [9.17, 15) is 5.11 Å². The van der Waals surface area contributed by atoms with Crippen molar-refractivity contribution < 1.29 is 5.11 Å². The second kappa shape index (κ2) is 4.27. The Labute approximate surface area is 96.5 Å². The van der Waals surface area contributed by atoms with Gasteiger partial charge in [-0.1, -0.05) is 25.0 Å². The Hall–Kier alpha value is -1.33. The van der Waals surface area contributed by atoms with Crippen LogP contribution in [0.5, 0.6) is 0 Å². The molecule has 1 N–H and O–H groups in total. The Morgan fingerprint density at radius 2 is 1.81 bits per heavy atom. The molecule has 0 aromatic heterocycles. The van der Waals surface area contributed by atoms with Crippen LogP contribution in [0.15, 0.2) is 24.3 Å². The first kappa shape index (κ1) is 11.2. The molecule has 16 heavy (non-hydrogen) atoms. The smallest absolute Gasteiger partial charge is 0.0991 e. The Morgan fingerprint density at radius 3 is 2.31 bits per heavy atom. The molecule has 1 fully saturated rings. The molecule has 0 amide bonds. The van der Waals surface area contributed by atoms with Gasteiger partial charge in [-0.25, -0.2) is 0 Å². The van der Waals surface area contributed by atoms with Gasteiger partial charge in [-0.15, -0.1) is 0 Å². The van der Waals surface area contributed by atoms with Crippen molar-refractivity contribution in [1.82, 2.24) is 0 Å². The molecule has 0 radical (unpaired) electrons. The van der Waals surface area contributed by atoms with Gasteiger partial charge in [0.05, 0.1) is 17.2 Å². The molecule has 84 valence electrons. The lowest BCUT2D eigenvalue weighted by Gasteiger charge is -2.30. The SMILES string of the molecule is CC(O)(c1ccc(C#N)cc1)C1CCCC1. The van der Waals surface area contributed by atoms with E-state index < -0.39 is 5.60 Å². The molecule has 2 nitrogen and oxygen atoms in total. The summed E-state index contributed by atoms with van der Waals surface area (Å²) >= 11 is 0. The van der Waals surface area contributed by atoms with Crippen molar-refractivity contribution in [3.63, 3.8) is 0 Å². The summed E-state index contributed by atoms with van der Waals surface area (Å²) in [7, 11) is 0. The third-order valence-electron chi connectivity index (χ3n) is 3.75. The van der Waals surface area contributed by atoms with E-state index in [4.69, 9.17) is 5.26 Å². The van der Waals surface area contributed by atoms with E-state index in [1.54, 1.807) is 12.1 Å². The minimum absolute atomic E-state index is 0.362. The Balaban J connectivity index is 2.24. The van der Waals surface area contributed by atoms with Crippen LogP contribution in [0.1, 0.15) is 43.7 Å². The zero-order chi connectivity index (χ0) is 11.6. The topological polar surface area (TPSA) is 44.0 Å². The van der Waals surface area contributed by atoms with Gasteiger partial charge in [0.15, 0.2) is 0 Å². The van der Waals surface area contributed by atoms with Crippen molar-refractivity contribution in [1.29, 1.82) is 5.26 Å². The van der Waals surface area contributed by atoms with Crippen LogP contribution >= 0.6 is 0 Å². The predicted molar refractivity (Wildman–Crippen MR) is 62.7 cm³/mol. The van der Waals surface area contributed by atoms with E-state index in [2.05, 4.69) is 6.07 Å². The molecule has 1 aliphatic carbocycles. The summed E-state index contributed by atoms with van der Waals surface area (Å²) in [6.45, 7) is 1.89. The van der Waals surface area contributed by atoms with Crippen molar-refractivity contribution in [3.05, 3.63) is 35.4 Å². The number of hydrogen-bond acceptors (Lipinski definition) is 2. The lowest BCUT2D eigenvalue weighted by molar-refractivity contribution is -0.00332. The molecule has 2 heteroatoms. The van der Waals surface area contributed by atoms with Gasteiger partial charge in [-0.2, -0.15) is 5.26 Å². The highest BCUT2D eigenvalue weighted by molar-refractivity contribution is 5.34. The standard InChI is InChI=1S/C14H17NO/c1-14(16,12-4-2-3-5-12)13-8-6-11(10-15)7-9-13/h6-9,12,16H,2-5H2,1H3. The predicted octanol–water partition coefficient (Wildman–Crippen LogP) is 2.96. The fourth-order valence-corrected chi connectivity index (χ4v) is 2.61. The van der Waals surface area contributed by atoms with Crippen LogP contribution in [-0.2, 0) is 5.60 Å². The van der Waals surface area contributed by atoms with Crippen LogP contribution in [0, 0.1) is 17.2 Å². The van der Waals surface area contributed by atoms with E-state index in [1.807, 2.05) is 19.1 Å². The van der Waals surface area contributed by atoms with Crippen molar-refractivity contribution in [2.75, 3.05) is 0 Å². The van der Waals surface area contributed by atoms with Gasteiger partial charge in [0.2, 0.25) is 0 Å². The Bertz CT molecular complexity index is 394. The summed E-state index contributed by atoms with van der Waals surface area (Å²) in [6.07, 6.45) is 4.65. The molecule has 0 spiro atoms. The number of aliphatic hydroxyl groups is 1. The Morgan fingerprint density at radius 1 is 1.25 bits per heavy atom. The van der Waals surface area contributed by atoms with Crippen LogP contribution in [0.25, 0.3) is 0 Å². The minimum atomic E-state index is -0.746. The molecule has 1 aliphatic rings. The van der Waals surface area contributed by atoms with E-state index in [0.717, 1.165) is 18.4 Å². The van der Waals surface area contributed by atoms with Crippen molar-refractivity contribution >= 4 is 0 Å². The summed E-state index contributed by atoms with van der Waals surface area (Å²) < 4.78 is 0. The van der Waals surface area contributed by atoms with E-state index >= 15 is 0 Å². The van der Waals surface area contributed by atoms with Gasteiger partial charge in [0.1, 0.15) is 0 Å². The summed E-state index contributed by atoms with van der Waals surface area (Å²) in [5.41, 5.74) is 0.828. The molecule has 1 saturated carbocycles. The highest BCUT2D eigenvalue weighted by Crippen LogP contribution is 2.40. The lowest BCUT2D eigenvalue weighted by Crippen LogP contribution is -2.29. The zero-order valence-corrected chi connectivity index (χ0v) is 9.61. The molecular weight excluding hydrogens is 198 g/mol. The minimum Gasteiger partial charge on any atom is -0.385 e. The number of rotatable bonds is 2. The van der Waals surface area contributed by atoms with Gasteiger partial charge >= 0.3 is 0 Å². The van der Waals surface area contributed by atoms with Gasteiger partial charge in [-0.3, -0.25) is 0 Å². The number of benzene rings is 1. The molecule has 1 unspecified atom stereocenters. The largest absolute Gasteiger partial charge is 0.385 e. The highest BCUT2D eigenvalue weighted by Gasteiger charge is 2.35. The van der Waals surface area contributed by atoms with Crippen LogP contribution in [0.2, 0.25) is 0 Å². The van der Waals surface area contributed by atoms with Crippen molar-refractivity contribution in [2.24, 2.45) is 5.92 Å². The monoisotopic (exact) mass is 215 g/mol. The lowest BCUT2D eigenvalue weighted by atomic mass is 9.81. The fourth-order valence-electron chi connectivity index (χ4n) is 2.61. The number of hydrogen-bond donors (Lipinski definition) is 1. The first-order chi connectivity index (χ1) is 7.64. The molecule has 1 aromatic rings. The van der Waals surface area contributed by atoms with Crippen LogP contribution in [0.3, 0.4) is 0 Å². The molecule has 0 heterocycles. The maximum absolute atomic E-state index is 10.6. The van der Waals surface area contributed by atoms with E-state index in [1.165, 1.54) is 12.8 Å². The third-order valence-corrected chi connectivity index (χ3v) is 3.75. The maximum atomic E-state index is 10.6. The molecule has 1 aromatic carbocycles. The summed E-state index contributed by atoms with van der Waals surface area (Å²) in [4.78, 5) is 0. The second-order valence-corrected chi connectivity index (χ2v) is 4.82. The molecule has 0 saturated heterocycles. The van der Waals surface area contributed by atoms with Crippen molar-refractivity contribution in [3.8, 4) is 6.07 Å². The molecule has 1 atom stereocenters. The van der Waals surface area contributed by atoms with Crippen LogP contribution < -0.4 is 0 Å². The third kappa shape index (κ3) is 1.96. The molecular formula is C14H17NO. The van der Waals surface area contributed by atoms with Gasteiger partial charge in [0.25, 0.3) is 0 Å². The molecule has 2 rings (SSSR count). The number of nitrogens with zero attached hydrogens (tertiary/aromatic N) is 1. The second-order valence-electron chi connectivity index (χ2n) is 4.82. The summed E-state index contributed by atoms with van der Waals surface area (Å²) in [5, 5.41) is 19.3. The first-order valence-corrected chi connectivity index (χ1v) is 5.87. The average molecular weight is 215 g/mol. The first-order valence-electron chi connectivity index (χ1n) is 5.87. The van der Waals surface area contributed by atoms with Crippen LogP contribution in [-0.4, -0.2) is 5.11 Å². The van der Waals surface area contributed by atoms with E-state index in [-0.39, 0.29) is 0 Å². The quantitative estimate of drug-likeness (QED) is 0.824. The molecule has 0 bridgehead atoms. The van der Waals surface area contributed by atoms with Crippen LogP contribution in [0.4, 0.5) is 0 Å².